The number of benzene rings is 2. The van der Waals surface area contributed by atoms with Crippen molar-refractivity contribution in [1.29, 1.82) is 0 Å². The van der Waals surface area contributed by atoms with Crippen LogP contribution >= 0.6 is 0 Å². The zero-order valence-corrected chi connectivity index (χ0v) is 19.1. The number of ether oxygens (including phenoxy) is 1. The maximum Gasteiger partial charge on any atom is 0.242 e. The molecular formula is C26H30FN3O3. The molecule has 0 unspecified atom stereocenters. The second kappa shape index (κ2) is 12.0. The van der Waals surface area contributed by atoms with E-state index in [1.807, 2.05) is 60.3 Å². The molecule has 174 valence electrons. The van der Waals surface area contributed by atoms with E-state index in [2.05, 4.69) is 0 Å². The molecule has 0 fully saturated rings. The van der Waals surface area contributed by atoms with E-state index >= 15 is 0 Å². The summed E-state index contributed by atoms with van der Waals surface area (Å²) < 4.78 is 20.3. The van der Waals surface area contributed by atoms with E-state index in [0.29, 0.717) is 31.8 Å². The molecule has 0 saturated carbocycles. The van der Waals surface area contributed by atoms with Gasteiger partial charge < -0.3 is 19.1 Å². The molecule has 7 heteroatoms. The summed E-state index contributed by atoms with van der Waals surface area (Å²) in [6, 6.07) is 19.5. The Labute approximate surface area is 194 Å². The van der Waals surface area contributed by atoms with Crippen LogP contribution in [-0.4, -0.2) is 53.0 Å². The number of carbonyl (C=O) groups is 2. The molecule has 0 bridgehead atoms. The Hall–Kier alpha value is -3.45. The number of amides is 2. The number of rotatable bonds is 11. The third-order valence-corrected chi connectivity index (χ3v) is 5.49. The summed E-state index contributed by atoms with van der Waals surface area (Å²) in [5.41, 5.74) is 2.71. The predicted octanol–water partition coefficient (Wildman–Crippen LogP) is 3.41. The van der Waals surface area contributed by atoms with E-state index in [9.17, 15) is 14.0 Å². The largest absolute Gasteiger partial charge is 0.383 e. The summed E-state index contributed by atoms with van der Waals surface area (Å²) in [5, 5.41) is 0. The lowest BCUT2D eigenvalue weighted by Crippen LogP contribution is -2.44. The fourth-order valence-electron chi connectivity index (χ4n) is 3.54. The van der Waals surface area contributed by atoms with Crippen LogP contribution in [0.25, 0.3) is 0 Å². The van der Waals surface area contributed by atoms with Crippen LogP contribution in [0.15, 0.2) is 72.9 Å². The highest BCUT2D eigenvalue weighted by molar-refractivity contribution is 5.86. The van der Waals surface area contributed by atoms with Crippen LogP contribution in [0.4, 0.5) is 4.39 Å². The van der Waals surface area contributed by atoms with E-state index in [4.69, 9.17) is 4.74 Å². The van der Waals surface area contributed by atoms with E-state index < -0.39 is 0 Å². The summed E-state index contributed by atoms with van der Waals surface area (Å²) in [5.74, 6) is -0.705. The Morgan fingerprint density at radius 3 is 2.24 bits per heavy atom. The summed E-state index contributed by atoms with van der Waals surface area (Å²) in [6.45, 7) is 1.43. The molecule has 2 aromatic carbocycles. The minimum Gasteiger partial charge on any atom is -0.383 e. The lowest BCUT2D eigenvalue weighted by atomic mass is 10.1. The number of nitrogens with zero attached hydrogens (tertiary/aromatic N) is 3. The standard InChI is InChI=1S/C26H30FN3O3/c1-28-14-6-9-24(28)19-30(18-22-7-4-3-5-8-22)26(32)20-29(15-16-33-2)25(31)17-21-10-12-23(27)13-11-21/h3-14H,15-20H2,1-2H3. The molecule has 0 radical (unpaired) electrons. The van der Waals surface area contributed by atoms with Gasteiger partial charge in [-0.3, -0.25) is 9.59 Å². The molecule has 3 aromatic rings. The Balaban J connectivity index is 1.75. The van der Waals surface area contributed by atoms with Gasteiger partial charge in [0.1, 0.15) is 5.82 Å². The first-order chi connectivity index (χ1) is 16.0. The van der Waals surface area contributed by atoms with Gasteiger partial charge in [0.25, 0.3) is 0 Å². The van der Waals surface area contributed by atoms with Gasteiger partial charge >= 0.3 is 0 Å². The Morgan fingerprint density at radius 2 is 1.61 bits per heavy atom. The molecule has 1 heterocycles. The molecule has 3 rings (SSSR count). The van der Waals surface area contributed by atoms with E-state index in [1.165, 1.54) is 17.0 Å². The van der Waals surface area contributed by atoms with Crippen molar-refractivity contribution in [3.05, 3.63) is 95.6 Å². The van der Waals surface area contributed by atoms with Gasteiger partial charge in [-0.1, -0.05) is 42.5 Å². The first-order valence-electron chi connectivity index (χ1n) is 10.9. The van der Waals surface area contributed by atoms with Crippen molar-refractivity contribution in [2.75, 3.05) is 26.8 Å². The Morgan fingerprint density at radius 1 is 0.879 bits per heavy atom. The molecule has 0 saturated heterocycles. The maximum atomic E-state index is 13.4. The van der Waals surface area contributed by atoms with Crippen molar-refractivity contribution >= 4 is 11.8 Å². The lowest BCUT2D eigenvalue weighted by molar-refractivity contribution is -0.141. The Kier molecular flexibility index (Phi) is 8.78. The van der Waals surface area contributed by atoms with Gasteiger partial charge in [-0.25, -0.2) is 4.39 Å². The van der Waals surface area contributed by atoms with Crippen LogP contribution in [0, 0.1) is 5.82 Å². The number of aromatic nitrogens is 1. The third-order valence-electron chi connectivity index (χ3n) is 5.49. The van der Waals surface area contributed by atoms with Gasteiger partial charge in [0, 0.05) is 39.1 Å². The normalized spacial score (nSPS) is 10.8. The molecule has 0 N–H and O–H groups in total. The third kappa shape index (κ3) is 7.29. The van der Waals surface area contributed by atoms with Crippen LogP contribution in [0.1, 0.15) is 16.8 Å². The van der Waals surface area contributed by atoms with Crippen molar-refractivity contribution in [2.45, 2.75) is 19.5 Å². The molecule has 0 atom stereocenters. The zero-order valence-electron chi connectivity index (χ0n) is 19.1. The maximum absolute atomic E-state index is 13.4. The summed E-state index contributed by atoms with van der Waals surface area (Å²) in [4.78, 5) is 29.7. The van der Waals surface area contributed by atoms with Gasteiger partial charge in [-0.15, -0.1) is 0 Å². The molecule has 0 aliphatic heterocycles. The molecular weight excluding hydrogens is 421 g/mol. The van der Waals surface area contributed by atoms with Gasteiger partial charge in [0.2, 0.25) is 11.8 Å². The van der Waals surface area contributed by atoms with Crippen LogP contribution < -0.4 is 0 Å². The number of aryl methyl sites for hydroxylation is 1. The second-order valence-corrected chi connectivity index (χ2v) is 7.96. The molecule has 0 spiro atoms. The SMILES string of the molecule is COCCN(CC(=O)N(Cc1ccccc1)Cc1cccn1C)C(=O)Cc1ccc(F)cc1. The average molecular weight is 452 g/mol. The van der Waals surface area contributed by atoms with Crippen molar-refractivity contribution < 1.29 is 18.7 Å². The van der Waals surface area contributed by atoms with Crippen LogP contribution in [0.2, 0.25) is 0 Å². The molecule has 33 heavy (non-hydrogen) atoms. The first kappa shape index (κ1) is 24.2. The molecule has 1 aromatic heterocycles. The quantitative estimate of drug-likeness (QED) is 0.449. The van der Waals surface area contributed by atoms with Crippen molar-refractivity contribution in [3.63, 3.8) is 0 Å². The summed E-state index contributed by atoms with van der Waals surface area (Å²) in [7, 11) is 3.50. The fourth-order valence-corrected chi connectivity index (χ4v) is 3.54. The number of methoxy groups -OCH3 is 1. The highest BCUT2D eigenvalue weighted by Gasteiger charge is 2.22. The fraction of sp³-hybridized carbons (Fsp3) is 0.308. The molecule has 0 aliphatic rings. The number of hydrogen-bond acceptors (Lipinski definition) is 3. The number of carbonyl (C=O) groups excluding carboxylic acids is 2. The monoisotopic (exact) mass is 451 g/mol. The van der Waals surface area contributed by atoms with Crippen LogP contribution in [0.5, 0.6) is 0 Å². The molecule has 6 nitrogen and oxygen atoms in total. The van der Waals surface area contributed by atoms with Gasteiger partial charge in [-0.05, 0) is 35.4 Å². The zero-order chi connectivity index (χ0) is 23.6. The van der Waals surface area contributed by atoms with Gasteiger partial charge in [0.05, 0.1) is 26.1 Å². The van der Waals surface area contributed by atoms with Crippen LogP contribution in [0.3, 0.4) is 0 Å². The topological polar surface area (TPSA) is 54.8 Å². The molecule has 2 amide bonds. The van der Waals surface area contributed by atoms with Crippen molar-refractivity contribution in [3.8, 4) is 0 Å². The highest BCUT2D eigenvalue weighted by atomic mass is 19.1. The summed E-state index contributed by atoms with van der Waals surface area (Å²) in [6.07, 6.45) is 2.03. The van der Waals surface area contributed by atoms with Crippen molar-refractivity contribution in [2.24, 2.45) is 7.05 Å². The number of halogens is 1. The second-order valence-electron chi connectivity index (χ2n) is 7.96. The van der Waals surface area contributed by atoms with Gasteiger partial charge in [-0.2, -0.15) is 0 Å². The molecule has 0 aliphatic carbocycles. The van der Waals surface area contributed by atoms with E-state index in [1.54, 1.807) is 24.1 Å². The minimum absolute atomic E-state index is 0.0549. The predicted molar refractivity (Wildman–Crippen MR) is 125 cm³/mol. The first-order valence-corrected chi connectivity index (χ1v) is 10.9. The average Bonchev–Trinajstić information content (AvgIpc) is 3.22. The lowest BCUT2D eigenvalue weighted by Gasteiger charge is -2.28. The highest BCUT2D eigenvalue weighted by Crippen LogP contribution is 2.12. The number of hydrogen-bond donors (Lipinski definition) is 0. The summed E-state index contributed by atoms with van der Waals surface area (Å²) >= 11 is 0. The van der Waals surface area contributed by atoms with E-state index in [0.717, 1.165) is 11.3 Å². The van der Waals surface area contributed by atoms with Crippen molar-refractivity contribution in [1.82, 2.24) is 14.4 Å². The van der Waals surface area contributed by atoms with E-state index in [-0.39, 0.29) is 30.6 Å². The van der Waals surface area contributed by atoms with Gasteiger partial charge in [0.15, 0.2) is 0 Å². The smallest absolute Gasteiger partial charge is 0.242 e. The van der Waals surface area contributed by atoms with Crippen LogP contribution in [-0.2, 0) is 40.9 Å². The Bertz CT molecular complexity index is 1030. The minimum atomic E-state index is -0.352.